The van der Waals surface area contributed by atoms with Crippen molar-refractivity contribution in [2.45, 2.75) is 31.1 Å². The summed E-state index contributed by atoms with van der Waals surface area (Å²) in [7, 11) is -0.787. The van der Waals surface area contributed by atoms with Crippen LogP contribution in [0.2, 0.25) is 0 Å². The molecule has 0 bridgehead atoms. The molecule has 12 heavy (non-hydrogen) atoms. The standard InChI is InChI=1S/C8H17NO2S/c1-7(9)6-12(10)8-3-2-4-11-5-8/h7-8H,2-6,9H2,1H3. The van der Waals surface area contributed by atoms with Gasteiger partial charge in [0.1, 0.15) is 0 Å². The van der Waals surface area contributed by atoms with Gasteiger partial charge in [-0.15, -0.1) is 0 Å². The predicted molar refractivity (Wildman–Crippen MR) is 50.5 cm³/mol. The van der Waals surface area contributed by atoms with E-state index in [0.29, 0.717) is 12.4 Å². The highest BCUT2D eigenvalue weighted by atomic mass is 32.2. The Morgan fingerprint density at radius 3 is 3.00 bits per heavy atom. The van der Waals surface area contributed by atoms with Crippen LogP contribution in [0.15, 0.2) is 0 Å². The summed E-state index contributed by atoms with van der Waals surface area (Å²) in [6.45, 7) is 3.37. The van der Waals surface area contributed by atoms with Gasteiger partial charge in [-0.05, 0) is 19.8 Å². The minimum Gasteiger partial charge on any atom is -0.380 e. The summed E-state index contributed by atoms with van der Waals surface area (Å²) in [6, 6.07) is 0.0350. The monoisotopic (exact) mass is 191 g/mol. The smallest absolute Gasteiger partial charge is 0.0609 e. The summed E-state index contributed by atoms with van der Waals surface area (Å²) in [5, 5.41) is 0.227. The summed E-state index contributed by atoms with van der Waals surface area (Å²) in [4.78, 5) is 0. The van der Waals surface area contributed by atoms with Crippen LogP contribution in [0.3, 0.4) is 0 Å². The molecule has 72 valence electrons. The molecule has 3 atom stereocenters. The van der Waals surface area contributed by atoms with Crippen molar-refractivity contribution >= 4 is 10.8 Å². The second-order valence-corrected chi connectivity index (χ2v) is 5.13. The van der Waals surface area contributed by atoms with Crippen LogP contribution >= 0.6 is 0 Å². The second-order valence-electron chi connectivity index (χ2n) is 3.36. The van der Waals surface area contributed by atoms with E-state index in [1.807, 2.05) is 6.92 Å². The number of ether oxygens (including phenoxy) is 1. The van der Waals surface area contributed by atoms with Gasteiger partial charge in [0.05, 0.1) is 11.9 Å². The molecule has 1 heterocycles. The molecule has 2 N–H and O–H groups in total. The summed E-state index contributed by atoms with van der Waals surface area (Å²) in [5.74, 6) is 0.605. The van der Waals surface area contributed by atoms with E-state index in [1.165, 1.54) is 0 Å². The SMILES string of the molecule is CC(N)CS(=O)C1CCCOC1. The normalized spacial score (nSPS) is 29.7. The minimum absolute atomic E-state index is 0.0350. The summed E-state index contributed by atoms with van der Waals surface area (Å²) < 4.78 is 16.8. The van der Waals surface area contributed by atoms with Gasteiger partial charge in [-0.3, -0.25) is 4.21 Å². The summed E-state index contributed by atoms with van der Waals surface area (Å²) in [6.07, 6.45) is 2.06. The molecule has 4 heteroatoms. The van der Waals surface area contributed by atoms with Gasteiger partial charge >= 0.3 is 0 Å². The van der Waals surface area contributed by atoms with Gasteiger partial charge in [0.2, 0.25) is 0 Å². The zero-order valence-corrected chi connectivity index (χ0v) is 8.31. The van der Waals surface area contributed by atoms with E-state index < -0.39 is 10.8 Å². The van der Waals surface area contributed by atoms with Crippen molar-refractivity contribution in [3.63, 3.8) is 0 Å². The number of nitrogens with two attached hydrogens (primary N) is 1. The van der Waals surface area contributed by atoms with Crippen LogP contribution in [0.5, 0.6) is 0 Å². The molecule has 1 aliphatic heterocycles. The lowest BCUT2D eigenvalue weighted by Gasteiger charge is -2.21. The van der Waals surface area contributed by atoms with Crippen LogP contribution in [0.25, 0.3) is 0 Å². The molecule has 1 rings (SSSR count). The maximum atomic E-state index is 11.6. The highest BCUT2D eigenvalue weighted by Crippen LogP contribution is 2.12. The van der Waals surface area contributed by atoms with Crippen LogP contribution in [0.4, 0.5) is 0 Å². The molecule has 3 nitrogen and oxygen atoms in total. The van der Waals surface area contributed by atoms with E-state index in [0.717, 1.165) is 19.4 Å². The van der Waals surface area contributed by atoms with Gasteiger partial charge in [-0.2, -0.15) is 0 Å². The van der Waals surface area contributed by atoms with Crippen LogP contribution in [0, 0.1) is 0 Å². The molecule has 1 saturated heterocycles. The lowest BCUT2D eigenvalue weighted by atomic mass is 10.2. The molecule has 0 aromatic carbocycles. The fourth-order valence-electron chi connectivity index (χ4n) is 1.31. The van der Waals surface area contributed by atoms with Crippen molar-refractivity contribution in [2.24, 2.45) is 5.73 Å². The lowest BCUT2D eigenvalue weighted by Crippen LogP contribution is -2.33. The third kappa shape index (κ3) is 3.21. The van der Waals surface area contributed by atoms with E-state index in [1.54, 1.807) is 0 Å². The number of rotatable bonds is 3. The highest BCUT2D eigenvalue weighted by molar-refractivity contribution is 7.85. The largest absolute Gasteiger partial charge is 0.380 e. The number of hydrogen-bond donors (Lipinski definition) is 1. The van der Waals surface area contributed by atoms with Gasteiger partial charge in [0.25, 0.3) is 0 Å². The van der Waals surface area contributed by atoms with Gasteiger partial charge in [-0.25, -0.2) is 0 Å². The van der Waals surface area contributed by atoms with Crippen LogP contribution in [0.1, 0.15) is 19.8 Å². The summed E-state index contributed by atoms with van der Waals surface area (Å²) in [5.41, 5.74) is 5.57. The fourth-order valence-corrected chi connectivity index (χ4v) is 2.78. The fraction of sp³-hybridized carbons (Fsp3) is 1.00. The van der Waals surface area contributed by atoms with Crippen molar-refractivity contribution in [1.29, 1.82) is 0 Å². The van der Waals surface area contributed by atoms with Gasteiger partial charge in [-0.1, -0.05) is 0 Å². The average Bonchev–Trinajstić information content (AvgIpc) is 2.05. The molecular weight excluding hydrogens is 174 g/mol. The molecule has 1 aliphatic rings. The molecule has 0 radical (unpaired) electrons. The molecule has 3 unspecified atom stereocenters. The molecule has 0 aromatic rings. The third-order valence-electron chi connectivity index (χ3n) is 1.92. The molecule has 0 aliphatic carbocycles. The molecule has 1 fully saturated rings. The van der Waals surface area contributed by atoms with E-state index in [-0.39, 0.29) is 11.3 Å². The second kappa shape index (κ2) is 4.94. The van der Waals surface area contributed by atoms with Crippen molar-refractivity contribution in [2.75, 3.05) is 19.0 Å². The van der Waals surface area contributed by atoms with E-state index in [9.17, 15) is 4.21 Å². The maximum absolute atomic E-state index is 11.6. The Kier molecular flexibility index (Phi) is 4.18. The zero-order chi connectivity index (χ0) is 8.97. The number of hydrogen-bond acceptors (Lipinski definition) is 3. The van der Waals surface area contributed by atoms with Crippen molar-refractivity contribution in [3.05, 3.63) is 0 Å². The lowest BCUT2D eigenvalue weighted by molar-refractivity contribution is 0.100. The minimum atomic E-state index is -0.787. The Labute approximate surface area is 76.1 Å². The van der Waals surface area contributed by atoms with Crippen molar-refractivity contribution in [3.8, 4) is 0 Å². The Bertz CT molecular complexity index is 155. The maximum Gasteiger partial charge on any atom is 0.0609 e. The molecule has 0 saturated carbocycles. The molecular formula is C8H17NO2S. The first kappa shape index (κ1) is 10.2. The first-order chi connectivity index (χ1) is 5.70. The zero-order valence-electron chi connectivity index (χ0n) is 7.49. The Hall–Kier alpha value is 0.0700. The first-order valence-corrected chi connectivity index (χ1v) is 5.79. The van der Waals surface area contributed by atoms with Crippen molar-refractivity contribution in [1.82, 2.24) is 0 Å². The van der Waals surface area contributed by atoms with Gasteiger partial charge in [0.15, 0.2) is 0 Å². The van der Waals surface area contributed by atoms with Crippen LogP contribution < -0.4 is 5.73 Å². The molecule has 0 amide bonds. The van der Waals surface area contributed by atoms with E-state index >= 15 is 0 Å². The Morgan fingerprint density at radius 2 is 2.50 bits per heavy atom. The quantitative estimate of drug-likeness (QED) is 0.696. The van der Waals surface area contributed by atoms with Gasteiger partial charge in [0, 0.05) is 29.2 Å². The topological polar surface area (TPSA) is 52.3 Å². The highest BCUT2D eigenvalue weighted by Gasteiger charge is 2.20. The average molecular weight is 191 g/mol. The Morgan fingerprint density at radius 1 is 1.75 bits per heavy atom. The Balaban J connectivity index is 2.30. The molecule has 0 aromatic heterocycles. The first-order valence-electron chi connectivity index (χ1n) is 4.40. The molecule has 0 spiro atoms. The van der Waals surface area contributed by atoms with E-state index in [4.69, 9.17) is 10.5 Å². The van der Waals surface area contributed by atoms with Gasteiger partial charge < -0.3 is 10.5 Å². The van der Waals surface area contributed by atoms with E-state index in [2.05, 4.69) is 0 Å². The van der Waals surface area contributed by atoms with Crippen LogP contribution in [-0.4, -0.2) is 34.5 Å². The predicted octanol–water partition coefficient (Wildman–Crippen LogP) is 0.261. The van der Waals surface area contributed by atoms with Crippen LogP contribution in [-0.2, 0) is 15.5 Å². The summed E-state index contributed by atoms with van der Waals surface area (Å²) >= 11 is 0. The van der Waals surface area contributed by atoms with Crippen molar-refractivity contribution < 1.29 is 8.95 Å². The third-order valence-corrected chi connectivity index (χ3v) is 3.89.